The third-order valence-corrected chi connectivity index (χ3v) is 11.3. The summed E-state index contributed by atoms with van der Waals surface area (Å²) in [6.07, 6.45) is 6.17. The van der Waals surface area contributed by atoms with Crippen LogP contribution < -0.4 is 25.4 Å². The second-order valence-corrected chi connectivity index (χ2v) is 15.7. The van der Waals surface area contributed by atoms with Crippen molar-refractivity contribution in [3.63, 3.8) is 0 Å². The van der Waals surface area contributed by atoms with Crippen molar-refractivity contribution >= 4 is 11.8 Å². The summed E-state index contributed by atoms with van der Waals surface area (Å²) < 4.78 is 11.5. The standard InChI is InChI=1S/C45H66N4O4/c1-10-44(11-2,41(50)46-31-28-34-16-24-38(52-9)25-17-34)47-30-14-15-33(5)53-39-26-18-35(19-27-39)29-32-49-40(48-45(12-3,13-4)42(49)51)36-20-22-37(23-21-36)43(6,7)8/h16-27,33,40,47-48H,10-15,28-32H2,1-9H3,(H,46,50). The van der Waals surface area contributed by atoms with Crippen LogP contribution >= 0.6 is 0 Å². The van der Waals surface area contributed by atoms with Crippen molar-refractivity contribution < 1.29 is 19.1 Å². The molecule has 53 heavy (non-hydrogen) atoms. The highest BCUT2D eigenvalue weighted by Gasteiger charge is 2.49. The van der Waals surface area contributed by atoms with Crippen LogP contribution in [-0.2, 0) is 27.8 Å². The molecule has 3 N–H and O–H groups in total. The minimum absolute atomic E-state index is 0.0357. The van der Waals surface area contributed by atoms with Crippen LogP contribution in [0.1, 0.15) is 122 Å². The number of hydrogen-bond donors (Lipinski definition) is 3. The summed E-state index contributed by atoms with van der Waals surface area (Å²) in [5, 5.41) is 10.5. The molecular formula is C45H66N4O4. The van der Waals surface area contributed by atoms with Gasteiger partial charge in [-0.3, -0.25) is 14.9 Å². The van der Waals surface area contributed by atoms with Gasteiger partial charge in [0.1, 0.15) is 17.7 Å². The van der Waals surface area contributed by atoms with Gasteiger partial charge in [-0.2, -0.15) is 0 Å². The lowest BCUT2D eigenvalue weighted by molar-refractivity contribution is -0.133. The fourth-order valence-electron chi connectivity index (χ4n) is 7.39. The molecule has 0 aromatic heterocycles. The number of ether oxygens (including phenoxy) is 2. The first-order valence-electron chi connectivity index (χ1n) is 19.9. The Morgan fingerprint density at radius 2 is 1.43 bits per heavy atom. The maximum atomic E-state index is 13.9. The Morgan fingerprint density at radius 3 is 1.98 bits per heavy atom. The topological polar surface area (TPSA) is 91.9 Å². The number of amides is 2. The highest BCUT2D eigenvalue weighted by atomic mass is 16.5. The van der Waals surface area contributed by atoms with Crippen molar-refractivity contribution in [2.24, 2.45) is 0 Å². The zero-order valence-corrected chi connectivity index (χ0v) is 33.9. The molecule has 8 heteroatoms. The van der Waals surface area contributed by atoms with Crippen molar-refractivity contribution in [2.75, 3.05) is 26.7 Å². The third-order valence-electron chi connectivity index (χ3n) is 11.3. The van der Waals surface area contributed by atoms with Gasteiger partial charge in [0.05, 0.1) is 24.3 Å². The van der Waals surface area contributed by atoms with Crippen LogP contribution in [0.15, 0.2) is 72.8 Å². The Bertz CT molecular complexity index is 1570. The van der Waals surface area contributed by atoms with E-state index in [1.165, 1.54) is 16.7 Å². The average Bonchev–Trinajstić information content (AvgIpc) is 3.45. The maximum Gasteiger partial charge on any atom is 0.244 e. The van der Waals surface area contributed by atoms with Gasteiger partial charge < -0.3 is 25.0 Å². The Labute approximate surface area is 319 Å². The molecule has 0 spiro atoms. The monoisotopic (exact) mass is 727 g/mol. The van der Waals surface area contributed by atoms with E-state index in [9.17, 15) is 9.59 Å². The number of nitrogens with zero attached hydrogens (tertiary/aromatic N) is 1. The molecule has 1 fully saturated rings. The molecule has 3 aromatic rings. The van der Waals surface area contributed by atoms with Crippen LogP contribution in [0.3, 0.4) is 0 Å². The number of rotatable bonds is 20. The van der Waals surface area contributed by atoms with E-state index in [1.807, 2.05) is 41.3 Å². The van der Waals surface area contributed by atoms with Crippen LogP contribution in [-0.4, -0.2) is 60.6 Å². The highest BCUT2D eigenvalue weighted by Crippen LogP contribution is 2.36. The minimum Gasteiger partial charge on any atom is -0.497 e. The van der Waals surface area contributed by atoms with Crippen LogP contribution in [0.2, 0.25) is 0 Å². The molecule has 1 aliphatic rings. The zero-order valence-electron chi connectivity index (χ0n) is 33.9. The van der Waals surface area contributed by atoms with E-state index >= 15 is 0 Å². The molecule has 0 radical (unpaired) electrons. The molecule has 2 atom stereocenters. The number of carbonyl (C=O) groups excluding carboxylic acids is 2. The predicted molar refractivity (Wildman–Crippen MR) is 217 cm³/mol. The fraction of sp³-hybridized carbons (Fsp3) is 0.556. The summed E-state index contributed by atoms with van der Waals surface area (Å²) in [6.45, 7) is 19.1. The third kappa shape index (κ3) is 10.6. The molecule has 1 heterocycles. The van der Waals surface area contributed by atoms with Crippen LogP contribution in [0, 0.1) is 0 Å². The summed E-state index contributed by atoms with van der Waals surface area (Å²) in [5.74, 6) is 1.93. The Kier molecular flexibility index (Phi) is 15.0. The average molecular weight is 727 g/mol. The highest BCUT2D eigenvalue weighted by molar-refractivity contribution is 5.89. The molecule has 4 rings (SSSR count). The quantitative estimate of drug-likeness (QED) is 0.102. The van der Waals surface area contributed by atoms with Crippen LogP contribution in [0.25, 0.3) is 0 Å². The summed E-state index contributed by atoms with van der Waals surface area (Å²) >= 11 is 0. The van der Waals surface area contributed by atoms with Crippen molar-refractivity contribution in [3.05, 3.63) is 95.1 Å². The van der Waals surface area contributed by atoms with E-state index in [0.717, 1.165) is 75.0 Å². The second kappa shape index (κ2) is 18.9. The van der Waals surface area contributed by atoms with E-state index in [2.05, 4.69) is 108 Å². The smallest absolute Gasteiger partial charge is 0.244 e. The van der Waals surface area contributed by atoms with Gasteiger partial charge in [0.25, 0.3) is 0 Å². The Hall–Kier alpha value is -3.88. The first-order chi connectivity index (χ1) is 25.3. The second-order valence-electron chi connectivity index (χ2n) is 15.7. The summed E-state index contributed by atoms with van der Waals surface area (Å²) in [7, 11) is 1.66. The van der Waals surface area contributed by atoms with Gasteiger partial charge in [-0.1, -0.05) is 97.0 Å². The Morgan fingerprint density at radius 1 is 0.849 bits per heavy atom. The van der Waals surface area contributed by atoms with Gasteiger partial charge in [-0.05, 0) is 117 Å². The van der Waals surface area contributed by atoms with E-state index < -0.39 is 11.1 Å². The van der Waals surface area contributed by atoms with E-state index in [4.69, 9.17) is 9.47 Å². The van der Waals surface area contributed by atoms with Gasteiger partial charge in [0, 0.05) is 13.1 Å². The van der Waals surface area contributed by atoms with Gasteiger partial charge >= 0.3 is 0 Å². The van der Waals surface area contributed by atoms with Gasteiger partial charge in [0.2, 0.25) is 11.8 Å². The number of benzene rings is 3. The minimum atomic E-state index is -0.582. The number of carbonyl (C=O) groups is 2. The zero-order chi connectivity index (χ0) is 38.6. The number of hydrogen-bond acceptors (Lipinski definition) is 6. The molecule has 0 bridgehead atoms. The van der Waals surface area contributed by atoms with Gasteiger partial charge in [-0.25, -0.2) is 0 Å². The summed E-state index contributed by atoms with van der Waals surface area (Å²) in [4.78, 5) is 29.2. The van der Waals surface area contributed by atoms with Crippen molar-refractivity contribution in [2.45, 2.75) is 136 Å². The van der Waals surface area contributed by atoms with Crippen molar-refractivity contribution in [1.29, 1.82) is 0 Å². The Balaban J connectivity index is 1.25. The summed E-state index contributed by atoms with van der Waals surface area (Å²) in [5.41, 5.74) is 3.72. The van der Waals surface area contributed by atoms with E-state index in [-0.39, 0.29) is 29.5 Å². The first kappa shape index (κ1) is 41.9. The predicted octanol–water partition coefficient (Wildman–Crippen LogP) is 8.28. The largest absolute Gasteiger partial charge is 0.497 e. The van der Waals surface area contributed by atoms with Gasteiger partial charge in [0.15, 0.2) is 0 Å². The first-order valence-corrected chi connectivity index (χ1v) is 19.9. The number of methoxy groups -OCH3 is 1. The molecule has 2 amide bonds. The molecular weight excluding hydrogens is 661 g/mol. The lowest BCUT2D eigenvalue weighted by Crippen LogP contribution is -2.56. The molecule has 3 aromatic carbocycles. The lowest BCUT2D eigenvalue weighted by Gasteiger charge is -2.32. The SMILES string of the molecule is CCC(CC)(NCCCC(C)Oc1ccc(CCN2C(=O)C(CC)(CC)NC2c2ccc(C(C)(C)C)cc2)cc1)C(=O)NCCc1ccc(OC)cc1. The summed E-state index contributed by atoms with van der Waals surface area (Å²) in [6, 6.07) is 25.0. The van der Waals surface area contributed by atoms with E-state index in [1.54, 1.807) is 7.11 Å². The van der Waals surface area contributed by atoms with Crippen molar-refractivity contribution in [1.82, 2.24) is 20.9 Å². The maximum absolute atomic E-state index is 13.9. The van der Waals surface area contributed by atoms with Gasteiger partial charge in [-0.15, -0.1) is 0 Å². The van der Waals surface area contributed by atoms with E-state index in [0.29, 0.717) is 13.1 Å². The number of nitrogens with one attached hydrogen (secondary N) is 3. The fourth-order valence-corrected chi connectivity index (χ4v) is 7.39. The van der Waals surface area contributed by atoms with Crippen molar-refractivity contribution in [3.8, 4) is 11.5 Å². The van der Waals surface area contributed by atoms with Crippen LogP contribution in [0.5, 0.6) is 11.5 Å². The molecule has 1 aliphatic heterocycles. The molecule has 290 valence electrons. The normalized spacial score (nSPS) is 16.4. The molecule has 0 saturated carbocycles. The lowest BCUT2D eigenvalue weighted by atomic mass is 9.86. The molecule has 2 unspecified atom stereocenters. The molecule has 0 aliphatic carbocycles. The molecule has 1 saturated heterocycles. The van der Waals surface area contributed by atoms with Crippen LogP contribution in [0.4, 0.5) is 0 Å². The molecule has 8 nitrogen and oxygen atoms in total.